The Bertz CT molecular complexity index is 1270. The first-order chi connectivity index (χ1) is 19.0. The summed E-state index contributed by atoms with van der Waals surface area (Å²) in [6, 6.07) is 14.8. The Morgan fingerprint density at radius 1 is 1.05 bits per heavy atom. The number of unbranched alkanes of at least 4 members (excludes halogenated alkanes) is 4. The average molecular weight is 550 g/mol. The molecule has 4 rings (SSSR count). The van der Waals surface area contributed by atoms with Crippen LogP contribution < -0.4 is 20.1 Å². The molecule has 0 radical (unpaired) electrons. The zero-order valence-corrected chi connectivity index (χ0v) is 24.1. The number of hydrogen-bond donors (Lipinski definition) is 2. The van der Waals surface area contributed by atoms with Crippen LogP contribution in [0.1, 0.15) is 70.9 Å². The summed E-state index contributed by atoms with van der Waals surface area (Å²) < 4.78 is 13.6. The van der Waals surface area contributed by atoms with Crippen LogP contribution in [0.15, 0.2) is 65.0 Å². The molecule has 8 nitrogen and oxygen atoms in total. The average Bonchev–Trinajstić information content (AvgIpc) is 3.35. The van der Waals surface area contributed by atoms with Gasteiger partial charge in [-0.2, -0.15) is 4.98 Å². The van der Waals surface area contributed by atoms with E-state index < -0.39 is 6.04 Å². The summed E-state index contributed by atoms with van der Waals surface area (Å²) in [5, 5.41) is 11.9. The van der Waals surface area contributed by atoms with Gasteiger partial charge in [0, 0.05) is 17.1 Å². The van der Waals surface area contributed by atoms with Crippen molar-refractivity contribution >= 4 is 29.3 Å². The highest BCUT2D eigenvalue weighted by atomic mass is 32.2. The number of methoxy groups -OCH3 is 1. The molecule has 208 valence electrons. The third kappa shape index (κ3) is 7.15. The molecular formula is C30H39N5O3S. The van der Waals surface area contributed by atoms with Crippen LogP contribution in [0.3, 0.4) is 0 Å². The number of benzene rings is 2. The highest BCUT2D eigenvalue weighted by Gasteiger charge is 2.35. The fourth-order valence-electron chi connectivity index (χ4n) is 4.51. The van der Waals surface area contributed by atoms with Crippen molar-refractivity contribution in [3.63, 3.8) is 0 Å². The van der Waals surface area contributed by atoms with E-state index in [1.165, 1.54) is 12.8 Å². The van der Waals surface area contributed by atoms with Gasteiger partial charge in [0.2, 0.25) is 11.1 Å². The molecule has 9 heteroatoms. The SMILES string of the molecule is CCCCCCOc1ccc(C2C(C(=O)Nc3ccccc3)=C(C)Nc3nc(SCCCC)nn32)cc1OC. The molecule has 2 N–H and O–H groups in total. The van der Waals surface area contributed by atoms with Gasteiger partial charge in [-0.25, -0.2) is 4.68 Å². The molecule has 1 aliphatic rings. The van der Waals surface area contributed by atoms with Gasteiger partial charge in [0.05, 0.1) is 19.3 Å². The van der Waals surface area contributed by atoms with E-state index in [2.05, 4.69) is 24.5 Å². The van der Waals surface area contributed by atoms with Crippen LogP contribution in [0.5, 0.6) is 11.5 Å². The molecule has 0 saturated carbocycles. The number of thioether (sulfide) groups is 1. The van der Waals surface area contributed by atoms with Crippen molar-refractivity contribution in [3.05, 3.63) is 65.4 Å². The fraction of sp³-hybridized carbons (Fsp3) is 0.433. The van der Waals surface area contributed by atoms with E-state index in [0.29, 0.717) is 34.8 Å². The summed E-state index contributed by atoms with van der Waals surface area (Å²) in [6.45, 7) is 6.90. The number of fused-ring (bicyclic) bond motifs is 1. The van der Waals surface area contributed by atoms with Crippen LogP contribution in [0.2, 0.25) is 0 Å². The lowest BCUT2D eigenvalue weighted by atomic mass is 9.94. The fourth-order valence-corrected chi connectivity index (χ4v) is 5.42. The molecule has 1 atom stereocenters. The zero-order valence-electron chi connectivity index (χ0n) is 23.3. The van der Waals surface area contributed by atoms with Gasteiger partial charge in [-0.15, -0.1) is 5.10 Å². The number of anilines is 2. The molecule has 0 aliphatic carbocycles. The summed E-state index contributed by atoms with van der Waals surface area (Å²) in [7, 11) is 1.64. The van der Waals surface area contributed by atoms with Crippen LogP contribution >= 0.6 is 11.8 Å². The number of aromatic nitrogens is 3. The van der Waals surface area contributed by atoms with Crippen molar-refractivity contribution < 1.29 is 14.3 Å². The molecule has 1 unspecified atom stereocenters. The van der Waals surface area contributed by atoms with Crippen LogP contribution in [-0.2, 0) is 4.79 Å². The topological polar surface area (TPSA) is 90.3 Å². The molecule has 1 aliphatic heterocycles. The van der Waals surface area contributed by atoms with Crippen LogP contribution in [0, 0.1) is 0 Å². The first-order valence-corrected chi connectivity index (χ1v) is 14.8. The Morgan fingerprint density at radius 2 is 1.85 bits per heavy atom. The number of nitrogens with one attached hydrogen (secondary N) is 2. The Morgan fingerprint density at radius 3 is 2.59 bits per heavy atom. The highest BCUT2D eigenvalue weighted by molar-refractivity contribution is 7.99. The molecule has 1 amide bonds. The number of amides is 1. The van der Waals surface area contributed by atoms with Gasteiger partial charge >= 0.3 is 0 Å². The van der Waals surface area contributed by atoms with E-state index in [1.807, 2.05) is 55.5 Å². The molecule has 2 aromatic carbocycles. The summed E-state index contributed by atoms with van der Waals surface area (Å²) in [4.78, 5) is 18.4. The Hall–Kier alpha value is -3.46. The second-order valence-corrected chi connectivity index (χ2v) is 10.6. The van der Waals surface area contributed by atoms with Crippen LogP contribution in [0.4, 0.5) is 11.6 Å². The highest BCUT2D eigenvalue weighted by Crippen LogP contribution is 2.40. The van der Waals surface area contributed by atoms with Crippen LogP contribution in [-0.4, -0.2) is 40.1 Å². The molecule has 0 fully saturated rings. The van der Waals surface area contributed by atoms with Crippen molar-refractivity contribution in [2.45, 2.75) is 70.5 Å². The summed E-state index contributed by atoms with van der Waals surface area (Å²) in [5.74, 6) is 2.67. The molecule has 3 aromatic rings. The standard InChI is InChI=1S/C30H39N5O3S/c1-5-7-9-13-18-38-24-17-16-22(20-25(24)37-4)27-26(28(36)32-23-14-11-10-12-15-23)21(3)31-29-33-30(34-35(27)29)39-19-8-6-2/h10-12,14-17,20,27H,5-9,13,18-19H2,1-4H3,(H,32,36)(H,31,33,34). The van der Waals surface area contributed by atoms with Gasteiger partial charge in [-0.3, -0.25) is 4.79 Å². The second kappa shape index (κ2) is 14.1. The lowest BCUT2D eigenvalue weighted by Crippen LogP contribution is -2.31. The number of allylic oxidation sites excluding steroid dienone is 1. The number of carbonyl (C=O) groups is 1. The number of rotatable bonds is 14. The van der Waals surface area contributed by atoms with Gasteiger partial charge < -0.3 is 20.1 Å². The van der Waals surface area contributed by atoms with E-state index >= 15 is 0 Å². The molecular weight excluding hydrogens is 510 g/mol. The summed E-state index contributed by atoms with van der Waals surface area (Å²) in [5.41, 5.74) is 2.89. The maximum atomic E-state index is 13.7. The molecule has 0 bridgehead atoms. The minimum atomic E-state index is -0.495. The first kappa shape index (κ1) is 28.5. The first-order valence-electron chi connectivity index (χ1n) is 13.8. The van der Waals surface area contributed by atoms with Crippen molar-refractivity contribution in [3.8, 4) is 11.5 Å². The van der Waals surface area contributed by atoms with E-state index in [4.69, 9.17) is 19.6 Å². The quantitative estimate of drug-likeness (QED) is 0.164. The van der Waals surface area contributed by atoms with E-state index in [-0.39, 0.29) is 5.91 Å². The normalized spacial score (nSPS) is 14.5. The van der Waals surface area contributed by atoms with E-state index in [1.54, 1.807) is 23.6 Å². The van der Waals surface area contributed by atoms with Crippen molar-refractivity contribution in [2.75, 3.05) is 30.1 Å². The monoisotopic (exact) mass is 549 g/mol. The van der Waals surface area contributed by atoms with Crippen molar-refractivity contribution in [1.82, 2.24) is 14.8 Å². The maximum absolute atomic E-state index is 13.7. The molecule has 0 saturated heterocycles. The third-order valence-electron chi connectivity index (χ3n) is 6.60. The maximum Gasteiger partial charge on any atom is 0.255 e. The summed E-state index contributed by atoms with van der Waals surface area (Å²) >= 11 is 1.63. The lowest BCUT2D eigenvalue weighted by molar-refractivity contribution is -0.113. The Labute approximate surface area is 235 Å². The van der Waals surface area contributed by atoms with Gasteiger partial charge in [-0.1, -0.05) is 75.6 Å². The third-order valence-corrected chi connectivity index (χ3v) is 7.52. The van der Waals surface area contributed by atoms with Gasteiger partial charge in [0.15, 0.2) is 11.5 Å². The molecule has 2 heterocycles. The van der Waals surface area contributed by atoms with E-state index in [9.17, 15) is 4.79 Å². The number of ether oxygens (including phenoxy) is 2. The molecule has 0 spiro atoms. The predicted molar refractivity (Wildman–Crippen MR) is 158 cm³/mol. The number of carbonyl (C=O) groups excluding carboxylic acids is 1. The minimum Gasteiger partial charge on any atom is -0.493 e. The van der Waals surface area contributed by atoms with Crippen molar-refractivity contribution in [1.29, 1.82) is 0 Å². The van der Waals surface area contributed by atoms with E-state index in [0.717, 1.165) is 48.4 Å². The Kier molecular flexibility index (Phi) is 10.3. The molecule has 1 aromatic heterocycles. The number of nitrogens with zero attached hydrogens (tertiary/aromatic N) is 3. The predicted octanol–water partition coefficient (Wildman–Crippen LogP) is 7.07. The largest absolute Gasteiger partial charge is 0.493 e. The van der Waals surface area contributed by atoms with Gasteiger partial charge in [-0.05, 0) is 49.6 Å². The molecule has 39 heavy (non-hydrogen) atoms. The summed E-state index contributed by atoms with van der Waals surface area (Å²) in [6.07, 6.45) is 6.73. The van der Waals surface area contributed by atoms with Gasteiger partial charge in [0.1, 0.15) is 6.04 Å². The number of hydrogen-bond acceptors (Lipinski definition) is 7. The number of para-hydroxylation sites is 1. The van der Waals surface area contributed by atoms with Crippen molar-refractivity contribution in [2.24, 2.45) is 0 Å². The minimum absolute atomic E-state index is 0.201. The Balaban J connectivity index is 1.68. The lowest BCUT2D eigenvalue weighted by Gasteiger charge is -2.29. The smallest absolute Gasteiger partial charge is 0.255 e. The second-order valence-electron chi connectivity index (χ2n) is 9.57. The van der Waals surface area contributed by atoms with Crippen LogP contribution in [0.25, 0.3) is 0 Å². The van der Waals surface area contributed by atoms with Gasteiger partial charge in [0.25, 0.3) is 5.91 Å². The zero-order chi connectivity index (χ0) is 27.6.